The Morgan fingerprint density at radius 2 is 2.00 bits per heavy atom. The second kappa shape index (κ2) is 8.03. The highest BCUT2D eigenvalue weighted by Crippen LogP contribution is 2.31. The van der Waals surface area contributed by atoms with Crippen LogP contribution in [-0.2, 0) is 12.3 Å². The number of aryl methyl sites for hydroxylation is 1. The van der Waals surface area contributed by atoms with E-state index in [4.69, 9.17) is 4.74 Å². The quantitative estimate of drug-likeness (QED) is 0.455. The summed E-state index contributed by atoms with van der Waals surface area (Å²) in [6.07, 6.45) is 1.86. The van der Waals surface area contributed by atoms with E-state index in [1.54, 1.807) is 18.9 Å². The average Bonchev–Trinajstić information content (AvgIpc) is 3.03. The zero-order chi connectivity index (χ0) is 17.6. The lowest BCUT2D eigenvalue weighted by Crippen LogP contribution is -2.01. The smallest absolute Gasteiger partial charge is 0.192 e. The maximum Gasteiger partial charge on any atom is 0.192 e. The molecule has 0 atom stereocenters. The van der Waals surface area contributed by atoms with Gasteiger partial charge in [-0.3, -0.25) is 4.57 Å². The topological polar surface area (TPSA) is 39.9 Å². The summed E-state index contributed by atoms with van der Waals surface area (Å²) in [6.45, 7) is 6.62. The third kappa shape index (κ3) is 3.94. The number of allylic oxidation sites excluding steroid dienone is 1. The molecule has 0 aliphatic rings. The fraction of sp³-hybridized carbons (Fsp3) is 0.200. The molecule has 0 aliphatic heterocycles. The Hall–Kier alpha value is -2.53. The Labute approximate surface area is 152 Å². The van der Waals surface area contributed by atoms with Crippen molar-refractivity contribution < 1.29 is 4.74 Å². The van der Waals surface area contributed by atoms with Crippen LogP contribution in [0, 0.1) is 6.92 Å². The predicted octanol–water partition coefficient (Wildman–Crippen LogP) is 4.74. The van der Waals surface area contributed by atoms with Crippen molar-refractivity contribution in [3.8, 4) is 17.1 Å². The van der Waals surface area contributed by atoms with Gasteiger partial charge in [-0.25, -0.2) is 0 Å². The van der Waals surface area contributed by atoms with Gasteiger partial charge in [0.15, 0.2) is 11.0 Å². The van der Waals surface area contributed by atoms with Gasteiger partial charge in [-0.05, 0) is 24.6 Å². The summed E-state index contributed by atoms with van der Waals surface area (Å²) < 4.78 is 7.55. The van der Waals surface area contributed by atoms with Crippen LogP contribution >= 0.6 is 11.8 Å². The number of aromatic nitrogens is 3. The van der Waals surface area contributed by atoms with E-state index in [1.165, 1.54) is 11.1 Å². The molecule has 3 rings (SSSR count). The molecule has 3 aromatic rings. The van der Waals surface area contributed by atoms with Crippen LogP contribution < -0.4 is 4.74 Å². The molecule has 25 heavy (non-hydrogen) atoms. The molecule has 0 unspecified atom stereocenters. The van der Waals surface area contributed by atoms with Crippen LogP contribution in [-0.4, -0.2) is 21.9 Å². The molecule has 128 valence electrons. The number of rotatable bonds is 7. The summed E-state index contributed by atoms with van der Waals surface area (Å²) in [5.41, 5.74) is 3.47. The minimum absolute atomic E-state index is 0.649. The number of benzene rings is 2. The summed E-state index contributed by atoms with van der Waals surface area (Å²) in [5, 5.41) is 9.68. The SMILES string of the molecule is C=CCn1c(SCc2cccc(C)c2)nnc1-c1ccccc1OC. The Balaban J connectivity index is 1.90. The van der Waals surface area contributed by atoms with Gasteiger partial charge in [0, 0.05) is 12.3 Å². The second-order valence-electron chi connectivity index (χ2n) is 5.68. The number of methoxy groups -OCH3 is 1. The summed E-state index contributed by atoms with van der Waals surface area (Å²) >= 11 is 1.68. The van der Waals surface area contributed by atoms with E-state index in [-0.39, 0.29) is 0 Å². The Bertz CT molecular complexity index is 873. The lowest BCUT2D eigenvalue weighted by Gasteiger charge is -2.10. The van der Waals surface area contributed by atoms with E-state index in [1.807, 2.05) is 30.3 Å². The minimum atomic E-state index is 0.649. The molecular formula is C20H21N3OS. The van der Waals surface area contributed by atoms with Gasteiger partial charge < -0.3 is 4.74 Å². The van der Waals surface area contributed by atoms with Crippen LogP contribution in [0.5, 0.6) is 5.75 Å². The summed E-state index contributed by atoms with van der Waals surface area (Å²) in [6, 6.07) is 16.4. The molecule has 0 N–H and O–H groups in total. The molecule has 0 radical (unpaired) electrons. The van der Waals surface area contributed by atoms with Crippen molar-refractivity contribution in [3.05, 3.63) is 72.3 Å². The first-order valence-electron chi connectivity index (χ1n) is 8.08. The van der Waals surface area contributed by atoms with Gasteiger partial charge in [0.2, 0.25) is 0 Å². The van der Waals surface area contributed by atoms with Gasteiger partial charge in [0.25, 0.3) is 0 Å². The molecule has 5 heteroatoms. The zero-order valence-electron chi connectivity index (χ0n) is 14.5. The van der Waals surface area contributed by atoms with Gasteiger partial charge in [-0.2, -0.15) is 0 Å². The maximum atomic E-state index is 5.47. The largest absolute Gasteiger partial charge is 0.496 e. The number of nitrogens with zero attached hydrogens (tertiary/aromatic N) is 3. The van der Waals surface area contributed by atoms with Crippen molar-refractivity contribution in [1.82, 2.24) is 14.8 Å². The number of ether oxygens (including phenoxy) is 1. The molecule has 1 heterocycles. The van der Waals surface area contributed by atoms with Crippen LogP contribution in [0.25, 0.3) is 11.4 Å². The van der Waals surface area contributed by atoms with Gasteiger partial charge >= 0.3 is 0 Å². The van der Waals surface area contributed by atoms with Crippen molar-refractivity contribution >= 4 is 11.8 Å². The lowest BCUT2D eigenvalue weighted by molar-refractivity contribution is 0.416. The number of thioether (sulfide) groups is 1. The van der Waals surface area contributed by atoms with E-state index in [0.29, 0.717) is 6.54 Å². The number of hydrogen-bond acceptors (Lipinski definition) is 4. The third-order valence-corrected chi connectivity index (χ3v) is 4.86. The molecule has 4 nitrogen and oxygen atoms in total. The standard InChI is InChI=1S/C20H21N3OS/c1-4-12-23-19(17-10-5-6-11-18(17)24-3)21-22-20(23)25-14-16-9-7-8-15(2)13-16/h4-11,13H,1,12,14H2,2-3H3. The third-order valence-electron chi connectivity index (χ3n) is 3.83. The summed E-state index contributed by atoms with van der Waals surface area (Å²) in [5.74, 6) is 2.43. The molecule has 0 spiro atoms. The molecule has 2 aromatic carbocycles. The lowest BCUT2D eigenvalue weighted by atomic mass is 10.2. The highest BCUT2D eigenvalue weighted by molar-refractivity contribution is 7.98. The molecular weight excluding hydrogens is 330 g/mol. The van der Waals surface area contributed by atoms with Crippen LogP contribution in [0.2, 0.25) is 0 Å². The predicted molar refractivity (Wildman–Crippen MR) is 103 cm³/mol. The highest BCUT2D eigenvalue weighted by atomic mass is 32.2. The van der Waals surface area contributed by atoms with E-state index in [9.17, 15) is 0 Å². The van der Waals surface area contributed by atoms with E-state index in [2.05, 4.69) is 52.5 Å². The molecule has 0 saturated heterocycles. The fourth-order valence-corrected chi connectivity index (χ4v) is 3.56. The van der Waals surface area contributed by atoms with Gasteiger partial charge in [0.1, 0.15) is 5.75 Å². The van der Waals surface area contributed by atoms with E-state index in [0.717, 1.165) is 28.0 Å². The van der Waals surface area contributed by atoms with Crippen molar-refractivity contribution in [2.75, 3.05) is 7.11 Å². The number of hydrogen-bond donors (Lipinski definition) is 0. The molecule has 0 aliphatic carbocycles. The van der Waals surface area contributed by atoms with Gasteiger partial charge in [-0.15, -0.1) is 16.8 Å². The van der Waals surface area contributed by atoms with Gasteiger partial charge in [-0.1, -0.05) is 59.8 Å². The average molecular weight is 351 g/mol. The van der Waals surface area contributed by atoms with Crippen LogP contribution in [0.3, 0.4) is 0 Å². The summed E-state index contributed by atoms with van der Waals surface area (Å²) in [7, 11) is 1.67. The highest BCUT2D eigenvalue weighted by Gasteiger charge is 2.16. The molecule has 0 amide bonds. The normalized spacial score (nSPS) is 10.6. The van der Waals surface area contributed by atoms with Crippen LogP contribution in [0.4, 0.5) is 0 Å². The van der Waals surface area contributed by atoms with Crippen molar-refractivity contribution in [1.29, 1.82) is 0 Å². The first-order valence-corrected chi connectivity index (χ1v) is 9.07. The van der Waals surface area contributed by atoms with E-state index >= 15 is 0 Å². The molecule has 0 fully saturated rings. The first kappa shape index (κ1) is 17.3. The molecule has 0 bridgehead atoms. The summed E-state index contributed by atoms with van der Waals surface area (Å²) in [4.78, 5) is 0. The fourth-order valence-electron chi connectivity index (χ4n) is 2.67. The monoisotopic (exact) mass is 351 g/mol. The maximum absolute atomic E-state index is 5.47. The first-order chi connectivity index (χ1) is 12.2. The Morgan fingerprint density at radius 3 is 2.76 bits per heavy atom. The second-order valence-corrected chi connectivity index (χ2v) is 6.63. The molecule has 0 saturated carbocycles. The number of para-hydroxylation sites is 1. The van der Waals surface area contributed by atoms with Gasteiger partial charge in [0.05, 0.1) is 12.7 Å². The zero-order valence-corrected chi connectivity index (χ0v) is 15.3. The van der Waals surface area contributed by atoms with Crippen molar-refractivity contribution in [2.24, 2.45) is 0 Å². The Morgan fingerprint density at radius 1 is 1.16 bits per heavy atom. The minimum Gasteiger partial charge on any atom is -0.496 e. The van der Waals surface area contributed by atoms with Crippen LogP contribution in [0.1, 0.15) is 11.1 Å². The molecule has 1 aromatic heterocycles. The van der Waals surface area contributed by atoms with Crippen LogP contribution in [0.15, 0.2) is 66.3 Å². The van der Waals surface area contributed by atoms with Crippen molar-refractivity contribution in [2.45, 2.75) is 24.4 Å². The Kier molecular flexibility index (Phi) is 5.56. The van der Waals surface area contributed by atoms with E-state index < -0.39 is 0 Å². The van der Waals surface area contributed by atoms with Crippen molar-refractivity contribution in [3.63, 3.8) is 0 Å².